The number of hydrogen-bond donors (Lipinski definition) is 2. The topological polar surface area (TPSA) is 67.6 Å². The average molecular weight is 180 g/mol. The molecule has 0 saturated heterocycles. The average Bonchev–Trinajstić information content (AvgIpc) is 2.58. The molecule has 4 nitrogen and oxygen atoms in total. The summed E-state index contributed by atoms with van der Waals surface area (Å²) in [5, 5.41) is 2.48. The minimum absolute atomic E-state index is 0.576. The molecule has 0 bridgehead atoms. The van der Waals surface area contributed by atoms with E-state index in [1.807, 2.05) is 12.3 Å². The number of anilines is 1. The fraction of sp³-hybridized carbons (Fsp3) is 0.143. The Morgan fingerprint density at radius 1 is 1.58 bits per heavy atom. The van der Waals surface area contributed by atoms with Crippen LogP contribution in [0.5, 0.6) is 0 Å². The van der Waals surface area contributed by atoms with Crippen LogP contribution in [0.25, 0.3) is 11.4 Å². The van der Waals surface area contributed by atoms with Crippen LogP contribution in [0.3, 0.4) is 0 Å². The number of nitrogen functional groups attached to an aromatic ring is 1. The molecule has 2 aromatic heterocycles. The van der Waals surface area contributed by atoms with Gasteiger partial charge in [-0.05, 0) is 6.92 Å². The third-order valence-corrected chi connectivity index (χ3v) is 2.27. The van der Waals surface area contributed by atoms with Crippen LogP contribution in [0, 0.1) is 6.92 Å². The Hall–Kier alpha value is -1.36. The maximum absolute atomic E-state index is 5.50. The molecule has 2 heterocycles. The number of hydrogen-bond acceptors (Lipinski definition) is 4. The van der Waals surface area contributed by atoms with Gasteiger partial charge in [-0.3, -0.25) is 0 Å². The molecular weight excluding hydrogens is 172 g/mol. The summed E-state index contributed by atoms with van der Waals surface area (Å²) in [5.74, 6) is 0. The normalized spacial score (nSPS) is 10.4. The van der Waals surface area contributed by atoms with E-state index in [0.29, 0.717) is 5.13 Å². The summed E-state index contributed by atoms with van der Waals surface area (Å²) in [6, 6.07) is 0. The van der Waals surface area contributed by atoms with Gasteiger partial charge in [0.2, 0.25) is 0 Å². The number of thiazole rings is 1. The van der Waals surface area contributed by atoms with E-state index in [0.717, 1.165) is 17.1 Å². The molecule has 62 valence electrons. The Kier molecular flexibility index (Phi) is 1.58. The largest absolute Gasteiger partial charge is 0.375 e. The van der Waals surface area contributed by atoms with Crippen molar-refractivity contribution in [3.8, 4) is 11.4 Å². The molecule has 0 aliphatic heterocycles. The first-order valence-electron chi connectivity index (χ1n) is 3.48. The number of aromatic amines is 1. The number of nitrogens with zero attached hydrogens (tertiary/aromatic N) is 2. The van der Waals surface area contributed by atoms with Gasteiger partial charge in [-0.25, -0.2) is 9.97 Å². The van der Waals surface area contributed by atoms with Gasteiger partial charge in [-0.1, -0.05) is 0 Å². The number of aryl methyl sites for hydroxylation is 1. The summed E-state index contributed by atoms with van der Waals surface area (Å²) in [6.45, 7) is 1.96. The fourth-order valence-corrected chi connectivity index (χ4v) is 1.56. The van der Waals surface area contributed by atoms with E-state index in [1.165, 1.54) is 11.3 Å². The van der Waals surface area contributed by atoms with E-state index in [-0.39, 0.29) is 0 Å². The van der Waals surface area contributed by atoms with Crippen LogP contribution in [0.2, 0.25) is 0 Å². The van der Waals surface area contributed by atoms with Crippen LogP contribution < -0.4 is 5.73 Å². The van der Waals surface area contributed by atoms with Crippen LogP contribution in [0.4, 0.5) is 5.13 Å². The number of nitrogens with one attached hydrogen (secondary N) is 1. The maximum atomic E-state index is 5.50. The molecule has 0 aromatic carbocycles. The van der Waals surface area contributed by atoms with Crippen LogP contribution in [0.15, 0.2) is 11.7 Å². The Morgan fingerprint density at radius 2 is 2.42 bits per heavy atom. The number of nitrogens with two attached hydrogens (primary N) is 1. The van der Waals surface area contributed by atoms with E-state index < -0.39 is 0 Å². The first-order valence-corrected chi connectivity index (χ1v) is 4.36. The SMILES string of the molecule is Cc1[nH]cnc1-c1csc(N)n1. The molecule has 2 aromatic rings. The standard InChI is InChI=1S/C7H8N4S/c1-4-6(10-3-9-4)5-2-12-7(8)11-5/h2-3H,1H3,(H2,8,11)(H,9,10). The highest BCUT2D eigenvalue weighted by molar-refractivity contribution is 7.13. The molecule has 0 unspecified atom stereocenters. The van der Waals surface area contributed by atoms with E-state index in [1.54, 1.807) is 6.33 Å². The molecule has 0 fully saturated rings. The van der Waals surface area contributed by atoms with Crippen molar-refractivity contribution in [1.29, 1.82) is 0 Å². The van der Waals surface area contributed by atoms with Crippen molar-refractivity contribution in [2.24, 2.45) is 0 Å². The Morgan fingerprint density at radius 3 is 2.92 bits per heavy atom. The van der Waals surface area contributed by atoms with Gasteiger partial charge in [-0.2, -0.15) is 0 Å². The highest BCUT2D eigenvalue weighted by atomic mass is 32.1. The third kappa shape index (κ3) is 1.08. The Labute approximate surface area is 73.5 Å². The van der Waals surface area contributed by atoms with E-state index >= 15 is 0 Å². The fourth-order valence-electron chi connectivity index (χ4n) is 1.01. The van der Waals surface area contributed by atoms with Crippen molar-refractivity contribution in [2.75, 3.05) is 5.73 Å². The van der Waals surface area contributed by atoms with E-state index in [4.69, 9.17) is 5.73 Å². The highest BCUT2D eigenvalue weighted by Gasteiger charge is 2.07. The van der Waals surface area contributed by atoms with Gasteiger partial charge in [-0.15, -0.1) is 11.3 Å². The summed E-state index contributed by atoms with van der Waals surface area (Å²) >= 11 is 1.42. The lowest BCUT2D eigenvalue weighted by molar-refractivity contribution is 1.25. The van der Waals surface area contributed by atoms with Crippen molar-refractivity contribution in [1.82, 2.24) is 15.0 Å². The maximum Gasteiger partial charge on any atom is 0.180 e. The second-order valence-electron chi connectivity index (χ2n) is 2.45. The third-order valence-electron chi connectivity index (χ3n) is 1.59. The van der Waals surface area contributed by atoms with Gasteiger partial charge in [0.05, 0.1) is 6.33 Å². The van der Waals surface area contributed by atoms with Crippen molar-refractivity contribution >= 4 is 16.5 Å². The smallest absolute Gasteiger partial charge is 0.180 e. The lowest BCUT2D eigenvalue weighted by Crippen LogP contribution is -1.84. The predicted molar refractivity (Wildman–Crippen MR) is 48.8 cm³/mol. The van der Waals surface area contributed by atoms with E-state index in [2.05, 4.69) is 15.0 Å². The van der Waals surface area contributed by atoms with Crippen molar-refractivity contribution < 1.29 is 0 Å². The van der Waals surface area contributed by atoms with Gasteiger partial charge in [0.25, 0.3) is 0 Å². The molecule has 0 radical (unpaired) electrons. The molecule has 0 aliphatic carbocycles. The van der Waals surface area contributed by atoms with Gasteiger partial charge >= 0.3 is 0 Å². The van der Waals surface area contributed by atoms with Gasteiger partial charge in [0, 0.05) is 11.1 Å². The van der Waals surface area contributed by atoms with Crippen LogP contribution in [-0.4, -0.2) is 15.0 Å². The Balaban J connectivity index is 2.50. The first-order chi connectivity index (χ1) is 5.77. The summed E-state index contributed by atoms with van der Waals surface area (Å²) < 4.78 is 0. The summed E-state index contributed by atoms with van der Waals surface area (Å²) in [6.07, 6.45) is 1.65. The van der Waals surface area contributed by atoms with Crippen LogP contribution >= 0.6 is 11.3 Å². The van der Waals surface area contributed by atoms with Gasteiger partial charge in [0.1, 0.15) is 11.4 Å². The lowest BCUT2D eigenvalue weighted by atomic mass is 10.3. The van der Waals surface area contributed by atoms with Crippen molar-refractivity contribution in [3.63, 3.8) is 0 Å². The number of H-pyrrole nitrogens is 1. The molecule has 0 aliphatic rings. The molecule has 0 atom stereocenters. The second kappa shape index (κ2) is 2.60. The summed E-state index contributed by atoms with van der Waals surface area (Å²) in [7, 11) is 0. The number of imidazole rings is 1. The molecule has 5 heteroatoms. The monoisotopic (exact) mass is 180 g/mol. The van der Waals surface area contributed by atoms with Gasteiger partial charge in [0.15, 0.2) is 5.13 Å². The first kappa shape index (κ1) is 7.30. The summed E-state index contributed by atoms with van der Waals surface area (Å²) in [4.78, 5) is 11.2. The zero-order valence-corrected chi connectivity index (χ0v) is 7.35. The molecule has 2 rings (SSSR count). The molecule has 3 N–H and O–H groups in total. The van der Waals surface area contributed by atoms with Crippen LogP contribution in [-0.2, 0) is 0 Å². The number of aromatic nitrogens is 3. The molecule has 12 heavy (non-hydrogen) atoms. The summed E-state index contributed by atoms with van der Waals surface area (Å²) in [5.41, 5.74) is 8.24. The minimum Gasteiger partial charge on any atom is -0.375 e. The van der Waals surface area contributed by atoms with Gasteiger partial charge < -0.3 is 10.7 Å². The Bertz CT molecular complexity index is 390. The minimum atomic E-state index is 0.576. The molecule has 0 spiro atoms. The molecular formula is C7H8N4S. The lowest BCUT2D eigenvalue weighted by Gasteiger charge is -1.89. The van der Waals surface area contributed by atoms with Crippen LogP contribution in [0.1, 0.15) is 5.69 Å². The zero-order valence-electron chi connectivity index (χ0n) is 6.53. The van der Waals surface area contributed by atoms with E-state index in [9.17, 15) is 0 Å². The quantitative estimate of drug-likeness (QED) is 0.697. The highest BCUT2D eigenvalue weighted by Crippen LogP contribution is 2.22. The zero-order chi connectivity index (χ0) is 8.55. The molecule has 0 amide bonds. The predicted octanol–water partition coefficient (Wildman–Crippen LogP) is 1.42. The molecule has 0 saturated carbocycles. The second-order valence-corrected chi connectivity index (χ2v) is 3.34. The van der Waals surface area contributed by atoms with Crippen molar-refractivity contribution in [2.45, 2.75) is 6.92 Å². The number of rotatable bonds is 1. The van der Waals surface area contributed by atoms with Crippen molar-refractivity contribution in [3.05, 3.63) is 17.4 Å².